The lowest BCUT2D eigenvalue weighted by atomic mass is 9.92. The number of primary sulfonamides is 1. The number of nitrogens with one attached hydrogen (secondary N) is 1. The molecule has 19 heavy (non-hydrogen) atoms. The third kappa shape index (κ3) is 4.98. The second kappa shape index (κ2) is 5.68. The molecule has 1 amide bonds. The molecule has 0 aliphatic rings. The van der Waals surface area contributed by atoms with Crippen molar-refractivity contribution in [1.29, 1.82) is 0 Å². The first kappa shape index (κ1) is 15.6. The van der Waals surface area contributed by atoms with E-state index in [9.17, 15) is 13.2 Å². The molecule has 0 saturated heterocycles. The van der Waals surface area contributed by atoms with Crippen molar-refractivity contribution in [1.82, 2.24) is 0 Å². The van der Waals surface area contributed by atoms with E-state index >= 15 is 0 Å². The number of anilines is 1. The summed E-state index contributed by atoms with van der Waals surface area (Å²) in [7, 11) is -3.54. The van der Waals surface area contributed by atoms with Crippen molar-refractivity contribution >= 4 is 21.6 Å². The number of sulfonamides is 1. The molecule has 0 aliphatic heterocycles. The van der Waals surface area contributed by atoms with Gasteiger partial charge in [0.2, 0.25) is 15.9 Å². The average molecular weight is 285 g/mol. The van der Waals surface area contributed by atoms with Crippen LogP contribution in [0.4, 0.5) is 5.69 Å². The van der Waals surface area contributed by atoms with E-state index in [0.29, 0.717) is 11.3 Å². The van der Waals surface area contributed by atoms with E-state index in [2.05, 4.69) is 5.32 Å². The summed E-state index contributed by atoms with van der Waals surface area (Å²) in [6, 6.07) is 6.47. The van der Waals surface area contributed by atoms with E-state index in [0.717, 1.165) is 0 Å². The van der Waals surface area contributed by atoms with Crippen LogP contribution < -0.4 is 16.2 Å². The maximum absolute atomic E-state index is 11.9. The molecule has 0 bridgehead atoms. The van der Waals surface area contributed by atoms with Crippen LogP contribution in [0.5, 0.6) is 0 Å². The number of hydrogen-bond donors (Lipinski definition) is 3. The highest BCUT2D eigenvalue weighted by Gasteiger charge is 2.25. The molecule has 0 spiro atoms. The van der Waals surface area contributed by atoms with Crippen molar-refractivity contribution in [3.63, 3.8) is 0 Å². The lowest BCUT2D eigenvalue weighted by molar-refractivity contribution is -0.123. The van der Waals surface area contributed by atoms with E-state index < -0.39 is 15.4 Å². The number of nitrogens with two attached hydrogens (primary N) is 2. The third-order valence-electron chi connectivity index (χ3n) is 2.70. The topological polar surface area (TPSA) is 115 Å². The summed E-state index contributed by atoms with van der Waals surface area (Å²) >= 11 is 0. The largest absolute Gasteiger partial charge is 0.329 e. The first-order valence-electron chi connectivity index (χ1n) is 5.75. The zero-order valence-corrected chi connectivity index (χ0v) is 11.8. The first-order valence-corrected chi connectivity index (χ1v) is 7.46. The SMILES string of the molecule is CC(C)(CN)C(=O)Nc1ccc(CS(N)(=O)=O)cc1. The first-order chi connectivity index (χ1) is 8.64. The van der Waals surface area contributed by atoms with E-state index in [1.165, 1.54) is 0 Å². The summed E-state index contributed by atoms with van der Waals surface area (Å²) in [6.07, 6.45) is 0. The molecule has 7 heteroatoms. The number of hydrogen-bond acceptors (Lipinski definition) is 4. The predicted molar refractivity (Wildman–Crippen MR) is 74.7 cm³/mol. The lowest BCUT2D eigenvalue weighted by Crippen LogP contribution is -2.37. The number of amides is 1. The van der Waals surface area contributed by atoms with Crippen molar-refractivity contribution < 1.29 is 13.2 Å². The fraction of sp³-hybridized carbons (Fsp3) is 0.417. The van der Waals surface area contributed by atoms with E-state index in [1.807, 2.05) is 0 Å². The zero-order valence-electron chi connectivity index (χ0n) is 11.0. The van der Waals surface area contributed by atoms with Gasteiger partial charge in [0.05, 0.1) is 11.2 Å². The van der Waals surface area contributed by atoms with Crippen molar-refractivity contribution in [3.05, 3.63) is 29.8 Å². The monoisotopic (exact) mass is 285 g/mol. The van der Waals surface area contributed by atoms with Crippen LogP contribution in [0.3, 0.4) is 0 Å². The molecule has 0 unspecified atom stereocenters. The molecule has 0 aliphatic carbocycles. The molecule has 0 heterocycles. The number of rotatable bonds is 5. The highest BCUT2D eigenvalue weighted by Crippen LogP contribution is 2.17. The molecular formula is C12H19N3O3S. The highest BCUT2D eigenvalue weighted by atomic mass is 32.2. The van der Waals surface area contributed by atoms with Crippen molar-refractivity contribution in [2.45, 2.75) is 19.6 Å². The van der Waals surface area contributed by atoms with E-state index in [1.54, 1.807) is 38.1 Å². The normalized spacial score (nSPS) is 12.2. The van der Waals surface area contributed by atoms with Crippen LogP contribution in [0.1, 0.15) is 19.4 Å². The molecule has 106 valence electrons. The summed E-state index contributed by atoms with van der Waals surface area (Å²) in [5.41, 5.74) is 6.02. The van der Waals surface area contributed by atoms with Crippen LogP contribution in [0.15, 0.2) is 24.3 Å². The fourth-order valence-electron chi connectivity index (χ4n) is 1.31. The van der Waals surface area contributed by atoms with Crippen molar-refractivity contribution in [3.8, 4) is 0 Å². The molecule has 0 atom stereocenters. The van der Waals surface area contributed by atoms with E-state index in [4.69, 9.17) is 10.9 Å². The Balaban J connectivity index is 2.75. The Kier molecular flexibility index (Phi) is 4.67. The van der Waals surface area contributed by atoms with Crippen LogP contribution in [0, 0.1) is 5.41 Å². The predicted octanol–water partition coefficient (Wildman–Crippen LogP) is 0.399. The average Bonchev–Trinajstić information content (AvgIpc) is 2.29. The van der Waals surface area contributed by atoms with Crippen molar-refractivity contribution in [2.24, 2.45) is 16.3 Å². The fourth-order valence-corrected chi connectivity index (χ4v) is 1.97. The van der Waals surface area contributed by atoms with Gasteiger partial charge in [0.15, 0.2) is 0 Å². The number of benzene rings is 1. The van der Waals surface area contributed by atoms with Gasteiger partial charge in [-0.3, -0.25) is 4.79 Å². The molecule has 0 radical (unpaired) electrons. The minimum absolute atomic E-state index is 0.186. The van der Waals surface area contributed by atoms with Crippen LogP contribution in [-0.4, -0.2) is 20.9 Å². The Morgan fingerprint density at radius 3 is 2.21 bits per heavy atom. The molecule has 1 aromatic carbocycles. The van der Waals surface area contributed by atoms with E-state index in [-0.39, 0.29) is 18.2 Å². The summed E-state index contributed by atoms with van der Waals surface area (Å²) in [5.74, 6) is -0.413. The second-order valence-electron chi connectivity index (χ2n) is 5.05. The van der Waals surface area contributed by atoms with Gasteiger partial charge in [-0.15, -0.1) is 0 Å². The lowest BCUT2D eigenvalue weighted by Gasteiger charge is -2.21. The Hall–Kier alpha value is -1.44. The summed E-state index contributed by atoms with van der Waals surface area (Å²) in [5, 5.41) is 7.67. The quantitative estimate of drug-likeness (QED) is 0.726. The Labute approximate surface area is 113 Å². The van der Waals surface area contributed by atoms with Gasteiger partial charge in [-0.1, -0.05) is 12.1 Å². The summed E-state index contributed by atoms with van der Waals surface area (Å²) in [4.78, 5) is 11.9. The van der Waals surface area contributed by atoms with Gasteiger partial charge in [0.1, 0.15) is 0 Å². The molecular weight excluding hydrogens is 266 g/mol. The number of carbonyl (C=O) groups is 1. The minimum Gasteiger partial charge on any atom is -0.329 e. The van der Waals surface area contributed by atoms with Gasteiger partial charge in [0.25, 0.3) is 0 Å². The standard InChI is InChI=1S/C12H19N3O3S/c1-12(2,8-13)11(16)15-10-5-3-9(4-6-10)7-19(14,17)18/h3-6H,7-8,13H2,1-2H3,(H,15,16)(H2,14,17,18). The minimum atomic E-state index is -3.54. The smallest absolute Gasteiger partial charge is 0.231 e. The van der Waals surface area contributed by atoms with Gasteiger partial charge in [0, 0.05) is 12.2 Å². The van der Waals surface area contributed by atoms with Crippen LogP contribution in [-0.2, 0) is 20.6 Å². The molecule has 0 fully saturated rings. The third-order valence-corrected chi connectivity index (χ3v) is 3.44. The van der Waals surface area contributed by atoms with Crippen molar-refractivity contribution in [2.75, 3.05) is 11.9 Å². The summed E-state index contributed by atoms with van der Waals surface area (Å²) < 4.78 is 21.9. The Morgan fingerprint density at radius 1 is 1.26 bits per heavy atom. The maximum atomic E-state index is 11.9. The molecule has 5 N–H and O–H groups in total. The second-order valence-corrected chi connectivity index (χ2v) is 6.66. The Morgan fingerprint density at radius 2 is 1.79 bits per heavy atom. The molecule has 1 rings (SSSR count). The van der Waals surface area contributed by atoms with Gasteiger partial charge in [-0.2, -0.15) is 0 Å². The Bertz CT molecular complexity index is 550. The molecule has 1 aromatic rings. The maximum Gasteiger partial charge on any atom is 0.231 e. The van der Waals surface area contributed by atoms with Gasteiger partial charge in [-0.25, -0.2) is 13.6 Å². The van der Waals surface area contributed by atoms with Gasteiger partial charge >= 0.3 is 0 Å². The highest BCUT2D eigenvalue weighted by molar-refractivity contribution is 7.88. The van der Waals surface area contributed by atoms with Gasteiger partial charge < -0.3 is 11.1 Å². The van der Waals surface area contributed by atoms with Crippen LogP contribution in [0.2, 0.25) is 0 Å². The van der Waals surface area contributed by atoms with Crippen LogP contribution >= 0.6 is 0 Å². The zero-order chi connectivity index (χ0) is 14.7. The molecule has 0 saturated carbocycles. The van der Waals surface area contributed by atoms with Gasteiger partial charge in [-0.05, 0) is 31.5 Å². The molecule has 0 aromatic heterocycles. The number of carbonyl (C=O) groups excluding carboxylic acids is 1. The van der Waals surface area contributed by atoms with Crippen LogP contribution in [0.25, 0.3) is 0 Å². The molecule has 6 nitrogen and oxygen atoms in total. The summed E-state index contributed by atoms with van der Waals surface area (Å²) in [6.45, 7) is 3.73.